The van der Waals surface area contributed by atoms with E-state index in [1.807, 2.05) is 0 Å². The third kappa shape index (κ3) is 2.90. The van der Waals surface area contributed by atoms with Gasteiger partial charge in [0.2, 0.25) is 0 Å². The first-order valence-electron chi connectivity index (χ1n) is 5.89. The Morgan fingerprint density at radius 1 is 1.39 bits per heavy atom. The number of aromatic nitrogens is 1. The molecule has 0 bridgehead atoms. The number of nitrogens with zero attached hydrogens (tertiary/aromatic N) is 1. The first kappa shape index (κ1) is 13.1. The van der Waals surface area contributed by atoms with Crippen molar-refractivity contribution >= 4 is 15.8 Å². The van der Waals surface area contributed by atoms with Crippen molar-refractivity contribution in [3.05, 3.63) is 17.5 Å². The van der Waals surface area contributed by atoms with Gasteiger partial charge in [-0.05, 0) is 12.8 Å². The summed E-state index contributed by atoms with van der Waals surface area (Å²) >= 11 is 0. The summed E-state index contributed by atoms with van der Waals surface area (Å²) in [4.78, 5) is 10.6. The van der Waals surface area contributed by atoms with Crippen LogP contribution in [0.15, 0.2) is 10.6 Å². The average Bonchev–Trinajstić information content (AvgIpc) is 2.78. The lowest BCUT2D eigenvalue weighted by Gasteiger charge is -2.20. The molecule has 18 heavy (non-hydrogen) atoms. The van der Waals surface area contributed by atoms with Gasteiger partial charge in [0.05, 0.1) is 5.25 Å². The molecule has 0 radical (unpaired) electrons. The van der Waals surface area contributed by atoms with Crippen LogP contribution in [0.1, 0.15) is 48.4 Å². The summed E-state index contributed by atoms with van der Waals surface area (Å²) in [5.74, 6) is -1.39. The molecule has 7 heteroatoms. The number of carbonyl (C=O) groups is 1. The Morgan fingerprint density at radius 3 is 2.61 bits per heavy atom. The Kier molecular flexibility index (Phi) is 3.70. The molecule has 0 saturated heterocycles. The smallest absolute Gasteiger partial charge is 0.358 e. The van der Waals surface area contributed by atoms with Crippen molar-refractivity contribution in [2.24, 2.45) is 0 Å². The van der Waals surface area contributed by atoms with Crippen molar-refractivity contribution in [1.82, 2.24) is 5.16 Å². The Labute approximate surface area is 105 Å². The zero-order valence-electron chi connectivity index (χ0n) is 9.83. The van der Waals surface area contributed by atoms with Crippen LogP contribution in [-0.2, 0) is 15.6 Å². The van der Waals surface area contributed by atoms with E-state index in [0.717, 1.165) is 19.3 Å². The second-order valence-electron chi connectivity index (χ2n) is 4.55. The first-order valence-corrected chi connectivity index (χ1v) is 7.61. The molecule has 0 unspecified atom stereocenters. The molecule has 0 aliphatic heterocycles. The van der Waals surface area contributed by atoms with Gasteiger partial charge in [-0.2, -0.15) is 0 Å². The van der Waals surface area contributed by atoms with Gasteiger partial charge in [-0.25, -0.2) is 13.2 Å². The van der Waals surface area contributed by atoms with E-state index < -0.39 is 15.8 Å². The summed E-state index contributed by atoms with van der Waals surface area (Å²) in [6.45, 7) is 0. The number of rotatable bonds is 4. The third-order valence-corrected chi connectivity index (χ3v) is 5.36. The molecule has 6 nitrogen and oxygen atoms in total. The number of carboxylic acids is 1. The molecule has 0 aromatic carbocycles. The SMILES string of the molecule is O=C(O)c1cc(CS(=O)(=O)C2CCCCC2)on1. The molecule has 2 rings (SSSR count). The fourth-order valence-corrected chi connectivity index (χ4v) is 4.04. The molecule has 1 aromatic rings. The zero-order valence-corrected chi connectivity index (χ0v) is 10.6. The maximum absolute atomic E-state index is 12.1. The monoisotopic (exact) mass is 273 g/mol. The van der Waals surface area contributed by atoms with E-state index in [4.69, 9.17) is 9.63 Å². The molecular weight excluding hydrogens is 258 g/mol. The predicted molar refractivity (Wildman–Crippen MR) is 63.0 cm³/mol. The van der Waals surface area contributed by atoms with Gasteiger partial charge in [-0.1, -0.05) is 24.4 Å². The quantitative estimate of drug-likeness (QED) is 0.895. The topological polar surface area (TPSA) is 97.5 Å². The van der Waals surface area contributed by atoms with E-state index in [1.54, 1.807) is 0 Å². The minimum Gasteiger partial charge on any atom is -0.476 e. The summed E-state index contributed by atoms with van der Waals surface area (Å²) in [6, 6.07) is 1.17. The highest BCUT2D eigenvalue weighted by Crippen LogP contribution is 2.26. The normalized spacial score (nSPS) is 17.8. The molecule has 0 spiro atoms. The number of aromatic carboxylic acids is 1. The van der Waals surface area contributed by atoms with Gasteiger partial charge < -0.3 is 9.63 Å². The molecule has 0 amide bonds. The van der Waals surface area contributed by atoms with Gasteiger partial charge in [0, 0.05) is 6.07 Å². The maximum Gasteiger partial charge on any atom is 0.358 e. The summed E-state index contributed by atoms with van der Waals surface area (Å²) in [5.41, 5.74) is -0.260. The van der Waals surface area contributed by atoms with E-state index in [-0.39, 0.29) is 22.5 Å². The number of hydrogen-bond acceptors (Lipinski definition) is 5. The van der Waals surface area contributed by atoms with E-state index in [0.29, 0.717) is 12.8 Å². The van der Waals surface area contributed by atoms with Crippen molar-refractivity contribution in [2.75, 3.05) is 0 Å². The second kappa shape index (κ2) is 5.09. The summed E-state index contributed by atoms with van der Waals surface area (Å²) < 4.78 is 28.9. The van der Waals surface area contributed by atoms with Gasteiger partial charge in [0.1, 0.15) is 5.75 Å². The van der Waals surface area contributed by atoms with Crippen LogP contribution in [0, 0.1) is 0 Å². The Morgan fingerprint density at radius 2 is 2.06 bits per heavy atom. The highest BCUT2D eigenvalue weighted by atomic mass is 32.2. The van der Waals surface area contributed by atoms with Crippen LogP contribution in [0.5, 0.6) is 0 Å². The standard InChI is InChI=1S/C11H15NO5S/c13-11(14)10-6-8(17-12-10)7-18(15,16)9-4-2-1-3-5-9/h6,9H,1-5,7H2,(H,13,14). The van der Waals surface area contributed by atoms with Crippen LogP contribution >= 0.6 is 0 Å². The van der Waals surface area contributed by atoms with E-state index in [1.165, 1.54) is 6.07 Å². The third-order valence-electron chi connectivity index (χ3n) is 3.18. The Balaban J connectivity index is 2.08. The predicted octanol–water partition coefficient (Wildman–Crippen LogP) is 1.62. The highest BCUT2D eigenvalue weighted by Gasteiger charge is 2.29. The average molecular weight is 273 g/mol. The molecule has 0 atom stereocenters. The lowest BCUT2D eigenvalue weighted by atomic mass is 10.0. The van der Waals surface area contributed by atoms with Crippen molar-refractivity contribution < 1.29 is 22.8 Å². The van der Waals surface area contributed by atoms with Crippen molar-refractivity contribution in [3.8, 4) is 0 Å². The van der Waals surface area contributed by atoms with Crippen molar-refractivity contribution in [3.63, 3.8) is 0 Å². The molecule has 1 fully saturated rings. The summed E-state index contributed by atoms with van der Waals surface area (Å²) in [5, 5.41) is 11.7. The van der Waals surface area contributed by atoms with Crippen LogP contribution in [0.3, 0.4) is 0 Å². The molecule has 1 aliphatic carbocycles. The van der Waals surface area contributed by atoms with Gasteiger partial charge >= 0.3 is 5.97 Å². The largest absolute Gasteiger partial charge is 0.476 e. The van der Waals surface area contributed by atoms with Gasteiger partial charge in [0.25, 0.3) is 0 Å². The van der Waals surface area contributed by atoms with E-state index >= 15 is 0 Å². The first-order chi connectivity index (χ1) is 8.49. The van der Waals surface area contributed by atoms with Crippen molar-refractivity contribution in [1.29, 1.82) is 0 Å². The van der Waals surface area contributed by atoms with Crippen LogP contribution < -0.4 is 0 Å². The van der Waals surface area contributed by atoms with Crippen LogP contribution in [0.2, 0.25) is 0 Å². The molecular formula is C11H15NO5S. The number of sulfone groups is 1. The van der Waals surface area contributed by atoms with Crippen LogP contribution in [0.25, 0.3) is 0 Å². The lowest BCUT2D eigenvalue weighted by molar-refractivity contribution is 0.0685. The lowest BCUT2D eigenvalue weighted by Crippen LogP contribution is -2.25. The minimum atomic E-state index is -3.28. The molecule has 1 heterocycles. The van der Waals surface area contributed by atoms with E-state index in [9.17, 15) is 13.2 Å². The van der Waals surface area contributed by atoms with Gasteiger partial charge in [0.15, 0.2) is 21.3 Å². The Bertz CT molecular complexity index is 527. The fourth-order valence-electron chi connectivity index (χ4n) is 2.22. The molecule has 1 aliphatic rings. The van der Waals surface area contributed by atoms with Crippen LogP contribution in [-0.4, -0.2) is 29.9 Å². The van der Waals surface area contributed by atoms with Crippen molar-refractivity contribution in [2.45, 2.75) is 43.1 Å². The summed E-state index contributed by atoms with van der Waals surface area (Å²) in [6.07, 6.45) is 4.31. The highest BCUT2D eigenvalue weighted by molar-refractivity contribution is 7.91. The number of carboxylic acid groups (broad SMARTS) is 1. The zero-order chi connectivity index (χ0) is 13.2. The fraction of sp³-hybridized carbons (Fsp3) is 0.636. The van der Waals surface area contributed by atoms with Crippen LogP contribution in [0.4, 0.5) is 0 Å². The maximum atomic E-state index is 12.1. The second-order valence-corrected chi connectivity index (χ2v) is 6.83. The van der Waals surface area contributed by atoms with Gasteiger partial charge in [-0.15, -0.1) is 0 Å². The number of hydrogen-bond donors (Lipinski definition) is 1. The molecule has 1 N–H and O–H groups in total. The molecule has 100 valence electrons. The van der Waals surface area contributed by atoms with Gasteiger partial charge in [-0.3, -0.25) is 0 Å². The van der Waals surface area contributed by atoms with E-state index in [2.05, 4.69) is 5.16 Å². The summed E-state index contributed by atoms with van der Waals surface area (Å²) in [7, 11) is -3.28. The minimum absolute atomic E-state index is 0.0953. The molecule has 1 aromatic heterocycles. The molecule has 1 saturated carbocycles. The Hall–Kier alpha value is -1.37.